The zero-order valence-corrected chi connectivity index (χ0v) is 7.39. The molecule has 0 unspecified atom stereocenters. The Morgan fingerprint density at radius 3 is 2.92 bits per heavy atom. The summed E-state index contributed by atoms with van der Waals surface area (Å²) < 4.78 is 0. The molecule has 0 N–H and O–H groups in total. The number of pyridine rings is 1. The third-order valence-electron chi connectivity index (χ3n) is 2.52. The Morgan fingerprint density at radius 2 is 2.23 bits per heavy atom. The molecule has 1 fully saturated rings. The topological polar surface area (TPSA) is 33.2 Å². The maximum absolute atomic E-state index is 10.7. The van der Waals surface area contributed by atoms with Gasteiger partial charge in [0.2, 0.25) is 6.41 Å². The predicted octanol–water partition coefficient (Wildman–Crippen LogP) is 1.37. The molecule has 1 aromatic rings. The van der Waals surface area contributed by atoms with Crippen LogP contribution >= 0.6 is 0 Å². The number of aromatic nitrogens is 1. The molecule has 2 heterocycles. The zero-order valence-electron chi connectivity index (χ0n) is 7.39. The Morgan fingerprint density at radius 1 is 1.46 bits per heavy atom. The fourth-order valence-electron chi connectivity index (χ4n) is 1.86. The van der Waals surface area contributed by atoms with Crippen LogP contribution in [0.3, 0.4) is 0 Å². The summed E-state index contributed by atoms with van der Waals surface area (Å²) >= 11 is 0. The van der Waals surface area contributed by atoms with Crippen LogP contribution in [0.4, 0.5) is 0 Å². The first-order valence-electron chi connectivity index (χ1n) is 4.53. The number of amides is 1. The number of carbonyl (C=O) groups excluding carboxylic acids is 1. The van der Waals surface area contributed by atoms with Crippen molar-refractivity contribution in [3.63, 3.8) is 0 Å². The van der Waals surface area contributed by atoms with E-state index in [9.17, 15) is 4.79 Å². The third-order valence-corrected chi connectivity index (χ3v) is 2.52. The number of hydrogen-bond acceptors (Lipinski definition) is 2. The molecule has 0 aliphatic carbocycles. The summed E-state index contributed by atoms with van der Waals surface area (Å²) in [6.07, 6.45) is 6.67. The Labute approximate surface area is 77.4 Å². The second-order valence-corrected chi connectivity index (χ2v) is 3.28. The molecule has 3 nitrogen and oxygen atoms in total. The van der Waals surface area contributed by atoms with Gasteiger partial charge in [-0.25, -0.2) is 0 Å². The molecule has 0 saturated carbocycles. The smallest absolute Gasteiger partial charge is 0.210 e. The van der Waals surface area contributed by atoms with Gasteiger partial charge in [0, 0.05) is 18.9 Å². The largest absolute Gasteiger partial charge is 0.338 e. The minimum atomic E-state index is 0.278. The van der Waals surface area contributed by atoms with Gasteiger partial charge in [0.15, 0.2) is 0 Å². The lowest BCUT2D eigenvalue weighted by atomic mass is 10.1. The highest BCUT2D eigenvalue weighted by atomic mass is 16.1. The average molecular weight is 176 g/mol. The first-order valence-corrected chi connectivity index (χ1v) is 4.53. The quantitative estimate of drug-likeness (QED) is 0.638. The van der Waals surface area contributed by atoms with E-state index in [1.165, 1.54) is 5.56 Å². The lowest BCUT2D eigenvalue weighted by Crippen LogP contribution is -2.20. The van der Waals surface area contributed by atoms with Gasteiger partial charge in [-0.2, -0.15) is 0 Å². The van der Waals surface area contributed by atoms with Crippen LogP contribution in [-0.2, 0) is 4.79 Å². The van der Waals surface area contributed by atoms with Crippen LogP contribution < -0.4 is 0 Å². The Hall–Kier alpha value is -1.38. The van der Waals surface area contributed by atoms with Crippen LogP contribution in [0.1, 0.15) is 24.4 Å². The summed E-state index contributed by atoms with van der Waals surface area (Å²) in [5.74, 6) is 0. The van der Waals surface area contributed by atoms with Crippen LogP contribution in [-0.4, -0.2) is 22.8 Å². The Bertz CT molecular complexity index is 286. The van der Waals surface area contributed by atoms with E-state index in [2.05, 4.69) is 4.98 Å². The normalized spacial score (nSPS) is 21.8. The van der Waals surface area contributed by atoms with Crippen LogP contribution in [0, 0.1) is 0 Å². The number of rotatable bonds is 2. The SMILES string of the molecule is O=CN1CCC[C@@H]1c1ccncc1. The van der Waals surface area contributed by atoms with E-state index in [4.69, 9.17) is 0 Å². The van der Waals surface area contributed by atoms with Crippen LogP contribution in [0.15, 0.2) is 24.5 Å². The second-order valence-electron chi connectivity index (χ2n) is 3.28. The molecule has 0 aromatic carbocycles. The summed E-state index contributed by atoms with van der Waals surface area (Å²) in [6.45, 7) is 0.885. The molecule has 1 saturated heterocycles. The summed E-state index contributed by atoms with van der Waals surface area (Å²) in [4.78, 5) is 16.5. The van der Waals surface area contributed by atoms with Crippen molar-refractivity contribution < 1.29 is 4.79 Å². The van der Waals surface area contributed by atoms with Crippen molar-refractivity contribution in [2.45, 2.75) is 18.9 Å². The van der Waals surface area contributed by atoms with Crippen molar-refractivity contribution in [3.8, 4) is 0 Å². The van der Waals surface area contributed by atoms with Crippen LogP contribution in [0.2, 0.25) is 0 Å². The maximum atomic E-state index is 10.7. The van der Waals surface area contributed by atoms with E-state index in [0.717, 1.165) is 25.8 Å². The molecule has 3 heteroatoms. The molecule has 1 aromatic heterocycles. The highest BCUT2D eigenvalue weighted by Crippen LogP contribution is 2.29. The lowest BCUT2D eigenvalue weighted by molar-refractivity contribution is -0.118. The summed E-state index contributed by atoms with van der Waals surface area (Å²) in [5.41, 5.74) is 1.19. The van der Waals surface area contributed by atoms with Gasteiger partial charge in [0.25, 0.3) is 0 Å². The number of likely N-dealkylation sites (tertiary alicyclic amines) is 1. The van der Waals surface area contributed by atoms with Crippen molar-refractivity contribution in [2.24, 2.45) is 0 Å². The molecule has 1 aliphatic heterocycles. The molecular formula is C10H12N2O. The van der Waals surface area contributed by atoms with E-state index < -0.39 is 0 Å². The van der Waals surface area contributed by atoms with Crippen LogP contribution in [0.5, 0.6) is 0 Å². The van der Waals surface area contributed by atoms with Gasteiger partial charge in [-0.1, -0.05) is 0 Å². The van der Waals surface area contributed by atoms with Gasteiger partial charge in [-0.05, 0) is 30.5 Å². The molecule has 1 amide bonds. The molecular weight excluding hydrogens is 164 g/mol. The van der Waals surface area contributed by atoms with Gasteiger partial charge in [-0.15, -0.1) is 0 Å². The highest BCUT2D eigenvalue weighted by molar-refractivity contribution is 5.49. The zero-order chi connectivity index (χ0) is 9.10. The van der Waals surface area contributed by atoms with Gasteiger partial charge in [0.05, 0.1) is 6.04 Å². The minimum Gasteiger partial charge on any atom is -0.338 e. The van der Waals surface area contributed by atoms with E-state index in [1.807, 2.05) is 17.0 Å². The number of carbonyl (C=O) groups is 1. The molecule has 2 rings (SSSR count). The van der Waals surface area contributed by atoms with Gasteiger partial charge in [0.1, 0.15) is 0 Å². The van der Waals surface area contributed by atoms with E-state index in [0.29, 0.717) is 0 Å². The van der Waals surface area contributed by atoms with Crippen LogP contribution in [0.25, 0.3) is 0 Å². The molecule has 68 valence electrons. The minimum absolute atomic E-state index is 0.278. The predicted molar refractivity (Wildman–Crippen MR) is 49.0 cm³/mol. The fraction of sp³-hybridized carbons (Fsp3) is 0.400. The monoisotopic (exact) mass is 176 g/mol. The van der Waals surface area contributed by atoms with Crippen molar-refractivity contribution in [1.82, 2.24) is 9.88 Å². The summed E-state index contributed by atoms with van der Waals surface area (Å²) in [7, 11) is 0. The van der Waals surface area contributed by atoms with E-state index >= 15 is 0 Å². The van der Waals surface area contributed by atoms with Crippen molar-refractivity contribution in [2.75, 3.05) is 6.54 Å². The summed E-state index contributed by atoms with van der Waals surface area (Å²) in [6, 6.07) is 4.24. The molecule has 0 bridgehead atoms. The standard InChI is InChI=1S/C10H12N2O/c13-8-12-7-1-2-10(12)9-3-5-11-6-4-9/h3-6,8,10H,1-2,7H2/t10-/m1/s1. The van der Waals surface area contributed by atoms with Crippen molar-refractivity contribution in [1.29, 1.82) is 0 Å². The molecule has 0 spiro atoms. The molecule has 0 radical (unpaired) electrons. The first kappa shape index (κ1) is 8.23. The third kappa shape index (κ3) is 1.54. The van der Waals surface area contributed by atoms with Crippen molar-refractivity contribution >= 4 is 6.41 Å². The van der Waals surface area contributed by atoms with E-state index in [1.54, 1.807) is 12.4 Å². The molecule has 1 atom stereocenters. The number of nitrogens with zero attached hydrogens (tertiary/aromatic N) is 2. The Kier molecular flexibility index (Phi) is 2.25. The Balaban J connectivity index is 2.21. The number of hydrogen-bond donors (Lipinski definition) is 0. The van der Waals surface area contributed by atoms with Gasteiger partial charge >= 0.3 is 0 Å². The van der Waals surface area contributed by atoms with Gasteiger partial charge in [-0.3, -0.25) is 9.78 Å². The van der Waals surface area contributed by atoms with Crippen molar-refractivity contribution in [3.05, 3.63) is 30.1 Å². The average Bonchev–Trinajstić information content (AvgIpc) is 2.67. The first-order chi connectivity index (χ1) is 6.42. The summed E-state index contributed by atoms with van der Waals surface area (Å²) in [5, 5.41) is 0. The van der Waals surface area contributed by atoms with E-state index in [-0.39, 0.29) is 6.04 Å². The molecule has 1 aliphatic rings. The molecule has 13 heavy (non-hydrogen) atoms. The highest BCUT2D eigenvalue weighted by Gasteiger charge is 2.23. The maximum Gasteiger partial charge on any atom is 0.210 e. The lowest BCUT2D eigenvalue weighted by Gasteiger charge is -2.19. The second kappa shape index (κ2) is 3.56. The fourth-order valence-corrected chi connectivity index (χ4v) is 1.86. The van der Waals surface area contributed by atoms with Gasteiger partial charge < -0.3 is 4.90 Å².